The van der Waals surface area contributed by atoms with Crippen LogP contribution in [0.15, 0.2) is 53.3 Å². The number of rotatable bonds is 3. The van der Waals surface area contributed by atoms with Crippen molar-refractivity contribution in [2.75, 3.05) is 11.9 Å². The van der Waals surface area contributed by atoms with E-state index in [1.165, 1.54) is 10.7 Å². The van der Waals surface area contributed by atoms with E-state index >= 15 is 0 Å². The highest BCUT2D eigenvalue weighted by molar-refractivity contribution is 6.32. The molecule has 2 heterocycles. The lowest BCUT2D eigenvalue weighted by Crippen LogP contribution is -2.33. The Morgan fingerprint density at radius 3 is 2.76 bits per heavy atom. The van der Waals surface area contributed by atoms with Crippen LogP contribution in [0.3, 0.4) is 0 Å². The standard InChI is InChI=1S/C21H17ClN4O3/c1-12-11-18(27)19(25-26(12)17-8-3-2-6-15(17)22)21(29)24-16-7-4-5-14-13(16)9-10-23-20(14)28/h2-8,11H,9-10H2,1H3,(H,23,28)(H,24,29). The van der Waals surface area contributed by atoms with Crippen molar-refractivity contribution in [1.82, 2.24) is 15.1 Å². The number of aromatic nitrogens is 2. The summed E-state index contributed by atoms with van der Waals surface area (Å²) < 4.78 is 1.46. The lowest BCUT2D eigenvalue weighted by atomic mass is 9.98. The average molecular weight is 409 g/mol. The summed E-state index contributed by atoms with van der Waals surface area (Å²) in [6.45, 7) is 2.20. The summed E-state index contributed by atoms with van der Waals surface area (Å²) in [6, 6.07) is 13.5. The number of hydrogen-bond acceptors (Lipinski definition) is 4. The van der Waals surface area contributed by atoms with E-state index in [1.54, 1.807) is 49.4 Å². The van der Waals surface area contributed by atoms with Gasteiger partial charge in [0.1, 0.15) is 0 Å². The van der Waals surface area contributed by atoms with Crippen LogP contribution in [0.5, 0.6) is 0 Å². The maximum Gasteiger partial charge on any atom is 0.280 e. The summed E-state index contributed by atoms with van der Waals surface area (Å²) in [4.78, 5) is 37.3. The molecule has 146 valence electrons. The van der Waals surface area contributed by atoms with E-state index in [9.17, 15) is 14.4 Å². The molecule has 4 rings (SSSR count). The van der Waals surface area contributed by atoms with Crippen molar-refractivity contribution in [3.05, 3.63) is 86.3 Å². The zero-order valence-corrected chi connectivity index (χ0v) is 16.3. The Bertz CT molecular complexity index is 1200. The maximum atomic E-state index is 12.9. The number of nitrogens with zero attached hydrogens (tertiary/aromatic N) is 2. The summed E-state index contributed by atoms with van der Waals surface area (Å²) in [5.41, 5.74) is 2.11. The van der Waals surface area contributed by atoms with Crippen LogP contribution in [0, 0.1) is 6.92 Å². The van der Waals surface area contributed by atoms with Gasteiger partial charge in [0.25, 0.3) is 11.8 Å². The molecule has 29 heavy (non-hydrogen) atoms. The molecule has 0 radical (unpaired) electrons. The van der Waals surface area contributed by atoms with E-state index in [0.29, 0.717) is 40.6 Å². The highest BCUT2D eigenvalue weighted by Crippen LogP contribution is 2.24. The Labute approximate surface area is 171 Å². The number of halogens is 1. The number of anilines is 1. The molecule has 0 bridgehead atoms. The van der Waals surface area contributed by atoms with Crippen LogP contribution in [0.1, 0.15) is 32.1 Å². The van der Waals surface area contributed by atoms with E-state index in [1.807, 2.05) is 0 Å². The fourth-order valence-corrected chi connectivity index (χ4v) is 3.55. The Hall–Kier alpha value is -3.45. The van der Waals surface area contributed by atoms with Gasteiger partial charge in [0.15, 0.2) is 5.69 Å². The summed E-state index contributed by atoms with van der Waals surface area (Å²) in [5, 5.41) is 10.2. The first-order chi connectivity index (χ1) is 14.0. The predicted molar refractivity (Wildman–Crippen MR) is 110 cm³/mol. The minimum absolute atomic E-state index is 0.183. The van der Waals surface area contributed by atoms with Crippen LogP contribution in [-0.2, 0) is 6.42 Å². The molecule has 0 fully saturated rings. The van der Waals surface area contributed by atoms with Crippen molar-refractivity contribution in [1.29, 1.82) is 0 Å². The topological polar surface area (TPSA) is 93.1 Å². The molecule has 0 saturated heterocycles. The van der Waals surface area contributed by atoms with Gasteiger partial charge < -0.3 is 10.6 Å². The number of fused-ring (bicyclic) bond motifs is 1. The van der Waals surface area contributed by atoms with Gasteiger partial charge in [0, 0.05) is 29.6 Å². The molecular formula is C21H17ClN4O3. The van der Waals surface area contributed by atoms with Gasteiger partial charge in [-0.2, -0.15) is 5.10 Å². The van der Waals surface area contributed by atoms with Gasteiger partial charge in [-0.05, 0) is 43.2 Å². The van der Waals surface area contributed by atoms with Gasteiger partial charge in [-0.25, -0.2) is 4.68 Å². The van der Waals surface area contributed by atoms with Crippen molar-refractivity contribution in [3.8, 4) is 5.69 Å². The smallest absolute Gasteiger partial charge is 0.280 e. The molecule has 2 amide bonds. The SMILES string of the molecule is Cc1cc(=O)c(C(=O)Nc2cccc3c2CCNC3=O)nn1-c1ccccc1Cl. The number of benzene rings is 2. The summed E-state index contributed by atoms with van der Waals surface area (Å²) in [7, 11) is 0. The van der Waals surface area contributed by atoms with E-state index < -0.39 is 11.3 Å². The van der Waals surface area contributed by atoms with Crippen LogP contribution in [0.4, 0.5) is 5.69 Å². The fourth-order valence-electron chi connectivity index (χ4n) is 3.34. The molecule has 8 heteroatoms. The van der Waals surface area contributed by atoms with Crippen LogP contribution in [0.25, 0.3) is 5.69 Å². The van der Waals surface area contributed by atoms with Crippen LogP contribution < -0.4 is 16.1 Å². The number of carbonyl (C=O) groups is 2. The van der Waals surface area contributed by atoms with Gasteiger partial charge in [0.05, 0.1) is 10.7 Å². The fraction of sp³-hybridized carbons (Fsp3) is 0.143. The monoisotopic (exact) mass is 408 g/mol. The largest absolute Gasteiger partial charge is 0.352 e. The molecule has 0 atom stereocenters. The second kappa shape index (κ2) is 7.52. The molecule has 2 N–H and O–H groups in total. The minimum atomic E-state index is -0.643. The molecular weight excluding hydrogens is 392 g/mol. The van der Waals surface area contributed by atoms with Gasteiger partial charge in [-0.1, -0.05) is 29.8 Å². The minimum Gasteiger partial charge on any atom is -0.352 e. The molecule has 2 aromatic carbocycles. The number of hydrogen-bond donors (Lipinski definition) is 2. The van der Waals surface area contributed by atoms with Crippen LogP contribution >= 0.6 is 11.6 Å². The van der Waals surface area contributed by atoms with Crippen molar-refractivity contribution in [3.63, 3.8) is 0 Å². The highest BCUT2D eigenvalue weighted by Gasteiger charge is 2.22. The van der Waals surface area contributed by atoms with Crippen LogP contribution in [0.2, 0.25) is 5.02 Å². The number of aryl methyl sites for hydroxylation is 1. The number of para-hydroxylation sites is 1. The van der Waals surface area contributed by atoms with Gasteiger partial charge in [-0.15, -0.1) is 0 Å². The van der Waals surface area contributed by atoms with E-state index in [2.05, 4.69) is 15.7 Å². The molecule has 0 spiro atoms. The second-order valence-corrected chi connectivity index (χ2v) is 7.06. The zero-order valence-electron chi connectivity index (χ0n) is 15.5. The van der Waals surface area contributed by atoms with Crippen LogP contribution in [-0.4, -0.2) is 28.1 Å². The molecule has 7 nitrogen and oxygen atoms in total. The highest BCUT2D eigenvalue weighted by atomic mass is 35.5. The van der Waals surface area contributed by atoms with E-state index in [0.717, 1.165) is 5.56 Å². The van der Waals surface area contributed by atoms with E-state index in [4.69, 9.17) is 11.6 Å². The third-order valence-electron chi connectivity index (χ3n) is 4.73. The second-order valence-electron chi connectivity index (χ2n) is 6.65. The average Bonchev–Trinajstić information content (AvgIpc) is 2.69. The number of carbonyl (C=O) groups excluding carboxylic acids is 2. The van der Waals surface area contributed by atoms with Gasteiger partial charge in [0.2, 0.25) is 5.43 Å². The Morgan fingerprint density at radius 2 is 1.97 bits per heavy atom. The number of nitrogens with one attached hydrogen (secondary N) is 2. The molecule has 1 aliphatic rings. The first kappa shape index (κ1) is 18.9. The molecule has 0 saturated carbocycles. The molecule has 0 aliphatic carbocycles. The maximum absolute atomic E-state index is 12.9. The lowest BCUT2D eigenvalue weighted by Gasteiger charge is -2.20. The number of amides is 2. The van der Waals surface area contributed by atoms with Crippen molar-refractivity contribution in [2.45, 2.75) is 13.3 Å². The Kier molecular flexibility index (Phi) is 4.90. The predicted octanol–water partition coefficient (Wildman–Crippen LogP) is 2.73. The molecule has 1 aliphatic heterocycles. The lowest BCUT2D eigenvalue weighted by molar-refractivity contribution is 0.0944. The van der Waals surface area contributed by atoms with Gasteiger partial charge >= 0.3 is 0 Å². The normalized spacial score (nSPS) is 12.8. The van der Waals surface area contributed by atoms with E-state index in [-0.39, 0.29) is 11.6 Å². The first-order valence-corrected chi connectivity index (χ1v) is 9.41. The van der Waals surface area contributed by atoms with Gasteiger partial charge in [-0.3, -0.25) is 14.4 Å². The van der Waals surface area contributed by atoms with Crippen molar-refractivity contribution < 1.29 is 9.59 Å². The first-order valence-electron chi connectivity index (χ1n) is 9.03. The molecule has 0 unspecified atom stereocenters. The Balaban J connectivity index is 1.73. The Morgan fingerprint density at radius 1 is 1.17 bits per heavy atom. The van der Waals surface area contributed by atoms with Crippen molar-refractivity contribution in [2.24, 2.45) is 0 Å². The third kappa shape index (κ3) is 3.52. The molecule has 1 aromatic heterocycles. The van der Waals surface area contributed by atoms with Crippen molar-refractivity contribution >= 4 is 29.1 Å². The third-order valence-corrected chi connectivity index (χ3v) is 5.05. The zero-order chi connectivity index (χ0) is 20.5. The summed E-state index contributed by atoms with van der Waals surface area (Å²) in [6.07, 6.45) is 0.586. The summed E-state index contributed by atoms with van der Waals surface area (Å²) >= 11 is 6.25. The quantitative estimate of drug-likeness (QED) is 0.696. The summed E-state index contributed by atoms with van der Waals surface area (Å²) in [5.74, 6) is -0.827. The molecule has 3 aromatic rings.